The predicted octanol–water partition coefficient (Wildman–Crippen LogP) is 0.0162. The van der Waals surface area contributed by atoms with Crippen LogP contribution in [-0.2, 0) is 14.8 Å². The zero-order valence-electron chi connectivity index (χ0n) is 8.94. The zero-order chi connectivity index (χ0) is 10.9. The number of carbonyl (C=O) groups is 1. The Balaban J connectivity index is 0.00000128. The van der Waals surface area contributed by atoms with E-state index in [0.717, 1.165) is 19.4 Å². The number of piperidine rings is 1. The van der Waals surface area contributed by atoms with Crippen molar-refractivity contribution in [1.29, 1.82) is 0 Å². The molecule has 5 nitrogen and oxygen atoms in total. The number of amides is 1. The first-order chi connectivity index (χ1) is 7.09. The maximum atomic E-state index is 11.6. The third-order valence-corrected chi connectivity index (χ3v) is 4.71. The molecule has 2 N–H and O–H groups in total. The molecule has 7 heteroatoms. The van der Waals surface area contributed by atoms with Crippen molar-refractivity contribution in [2.45, 2.75) is 30.9 Å². The normalized spacial score (nSPS) is 25.6. The smallest absolute Gasteiger partial charge is 0.237 e. The molecule has 1 atom stereocenters. The summed E-state index contributed by atoms with van der Waals surface area (Å²) in [6.07, 6.45) is 3.08. The molecule has 0 aromatic carbocycles. The van der Waals surface area contributed by atoms with Crippen LogP contribution in [0.2, 0.25) is 0 Å². The molecular weight excluding hydrogens is 252 g/mol. The highest BCUT2D eigenvalue weighted by Gasteiger charge is 2.38. The molecule has 0 aromatic heterocycles. The summed E-state index contributed by atoms with van der Waals surface area (Å²) in [5.41, 5.74) is 0. The van der Waals surface area contributed by atoms with Gasteiger partial charge < -0.3 is 5.32 Å². The first-order valence-electron chi connectivity index (χ1n) is 5.36. The van der Waals surface area contributed by atoms with Gasteiger partial charge in [-0.2, -0.15) is 0 Å². The minimum absolute atomic E-state index is 0. The number of carbonyl (C=O) groups excluding carboxylic acids is 1. The van der Waals surface area contributed by atoms with Gasteiger partial charge in [-0.1, -0.05) is 0 Å². The van der Waals surface area contributed by atoms with Crippen LogP contribution in [0.15, 0.2) is 0 Å². The molecule has 0 unspecified atom stereocenters. The summed E-state index contributed by atoms with van der Waals surface area (Å²) in [4.78, 5) is 11.6. The largest absolute Gasteiger partial charge is 0.316 e. The molecule has 0 spiro atoms. The van der Waals surface area contributed by atoms with E-state index in [4.69, 9.17) is 0 Å². The molecule has 0 radical (unpaired) electrons. The highest BCUT2D eigenvalue weighted by molar-refractivity contribution is 7.90. The van der Waals surface area contributed by atoms with Crippen LogP contribution in [0.3, 0.4) is 0 Å². The number of halogens is 1. The van der Waals surface area contributed by atoms with Gasteiger partial charge in [0.05, 0.1) is 11.2 Å². The molecule has 2 aliphatic rings. The molecule has 2 fully saturated rings. The Morgan fingerprint density at radius 3 is 2.44 bits per heavy atom. The maximum absolute atomic E-state index is 11.6. The topological polar surface area (TPSA) is 75.3 Å². The second-order valence-electron chi connectivity index (χ2n) is 4.25. The fourth-order valence-corrected chi connectivity index (χ4v) is 3.13. The summed E-state index contributed by atoms with van der Waals surface area (Å²) in [6, 6.07) is 0. The molecule has 94 valence electrons. The van der Waals surface area contributed by atoms with E-state index in [1.165, 1.54) is 0 Å². The van der Waals surface area contributed by atoms with E-state index in [0.29, 0.717) is 19.4 Å². The van der Waals surface area contributed by atoms with Crippen LogP contribution in [0.25, 0.3) is 0 Å². The van der Waals surface area contributed by atoms with Gasteiger partial charge in [0.1, 0.15) is 0 Å². The number of nitrogens with one attached hydrogen (secondary N) is 2. The summed E-state index contributed by atoms with van der Waals surface area (Å²) < 4.78 is 25.2. The van der Waals surface area contributed by atoms with Crippen LogP contribution >= 0.6 is 12.4 Å². The fraction of sp³-hybridized carbons (Fsp3) is 0.889. The zero-order valence-corrected chi connectivity index (χ0v) is 10.6. The summed E-state index contributed by atoms with van der Waals surface area (Å²) >= 11 is 0. The Morgan fingerprint density at radius 2 is 1.94 bits per heavy atom. The Hall–Kier alpha value is -0.330. The lowest BCUT2D eigenvalue weighted by atomic mass is 9.99. The maximum Gasteiger partial charge on any atom is 0.237 e. The highest BCUT2D eigenvalue weighted by Crippen LogP contribution is 2.27. The van der Waals surface area contributed by atoms with Gasteiger partial charge in [0, 0.05) is 6.54 Å². The van der Waals surface area contributed by atoms with Crippen molar-refractivity contribution in [3.8, 4) is 0 Å². The summed E-state index contributed by atoms with van der Waals surface area (Å²) in [7, 11) is -3.36. The van der Waals surface area contributed by atoms with Gasteiger partial charge in [-0.15, -0.1) is 12.4 Å². The Bertz CT molecular complexity index is 348. The van der Waals surface area contributed by atoms with Crippen LogP contribution in [0, 0.1) is 5.92 Å². The Kier molecular flexibility index (Phi) is 4.58. The van der Waals surface area contributed by atoms with E-state index in [1.807, 2.05) is 0 Å². The van der Waals surface area contributed by atoms with Gasteiger partial charge in [-0.25, -0.2) is 8.42 Å². The van der Waals surface area contributed by atoms with Gasteiger partial charge in [0.2, 0.25) is 15.9 Å². The van der Waals surface area contributed by atoms with Crippen LogP contribution in [0.4, 0.5) is 0 Å². The molecule has 1 saturated heterocycles. The van der Waals surface area contributed by atoms with Gasteiger partial charge in [0.15, 0.2) is 0 Å². The van der Waals surface area contributed by atoms with E-state index < -0.39 is 10.0 Å². The SMILES string of the molecule is Cl.O=C(NS(=O)(=O)C1CC1)[C@@H]1CCCNC1. The first kappa shape index (κ1) is 13.7. The lowest BCUT2D eigenvalue weighted by Crippen LogP contribution is -2.43. The molecular formula is C9H17ClN2O3S. The van der Waals surface area contributed by atoms with Crippen LogP contribution in [0.5, 0.6) is 0 Å². The van der Waals surface area contributed by atoms with Crippen molar-refractivity contribution in [3.63, 3.8) is 0 Å². The van der Waals surface area contributed by atoms with Gasteiger partial charge in [-0.05, 0) is 32.2 Å². The van der Waals surface area contributed by atoms with Crippen molar-refractivity contribution < 1.29 is 13.2 Å². The van der Waals surface area contributed by atoms with Crippen molar-refractivity contribution in [2.75, 3.05) is 13.1 Å². The molecule has 0 aromatic rings. The molecule has 1 heterocycles. The molecule has 2 rings (SSSR count). The summed E-state index contributed by atoms with van der Waals surface area (Å²) in [5, 5.41) is 2.77. The first-order valence-corrected chi connectivity index (χ1v) is 6.90. The second-order valence-corrected chi connectivity index (χ2v) is 6.21. The Morgan fingerprint density at radius 1 is 1.25 bits per heavy atom. The minimum atomic E-state index is -3.36. The van der Waals surface area contributed by atoms with Gasteiger partial charge >= 0.3 is 0 Å². The molecule has 16 heavy (non-hydrogen) atoms. The van der Waals surface area contributed by atoms with Crippen LogP contribution in [0.1, 0.15) is 25.7 Å². The average molecular weight is 269 g/mol. The number of sulfonamides is 1. The van der Waals surface area contributed by atoms with Crippen LogP contribution in [-0.4, -0.2) is 32.7 Å². The third-order valence-electron chi connectivity index (χ3n) is 2.87. The molecule has 1 aliphatic carbocycles. The Labute approximate surface area is 102 Å². The van der Waals surface area contributed by atoms with Crippen molar-refractivity contribution in [2.24, 2.45) is 5.92 Å². The van der Waals surface area contributed by atoms with E-state index in [-0.39, 0.29) is 29.5 Å². The number of hydrogen-bond acceptors (Lipinski definition) is 4. The monoisotopic (exact) mass is 268 g/mol. The fourth-order valence-electron chi connectivity index (χ4n) is 1.76. The minimum Gasteiger partial charge on any atom is -0.316 e. The molecule has 1 saturated carbocycles. The lowest BCUT2D eigenvalue weighted by Gasteiger charge is -2.21. The van der Waals surface area contributed by atoms with Crippen molar-refractivity contribution >= 4 is 28.3 Å². The number of rotatable bonds is 3. The summed E-state index contributed by atoms with van der Waals surface area (Å²) in [5.74, 6) is -0.527. The van der Waals surface area contributed by atoms with Gasteiger partial charge in [0.25, 0.3) is 0 Å². The highest BCUT2D eigenvalue weighted by atomic mass is 35.5. The van der Waals surface area contributed by atoms with E-state index >= 15 is 0 Å². The predicted molar refractivity (Wildman–Crippen MR) is 62.9 cm³/mol. The van der Waals surface area contributed by atoms with Crippen molar-refractivity contribution in [1.82, 2.24) is 10.0 Å². The van der Waals surface area contributed by atoms with E-state index in [9.17, 15) is 13.2 Å². The molecule has 1 aliphatic heterocycles. The van der Waals surface area contributed by atoms with E-state index in [2.05, 4.69) is 10.0 Å². The van der Waals surface area contributed by atoms with Crippen LogP contribution < -0.4 is 10.0 Å². The van der Waals surface area contributed by atoms with E-state index in [1.54, 1.807) is 0 Å². The summed E-state index contributed by atoms with van der Waals surface area (Å²) in [6.45, 7) is 1.51. The quantitative estimate of drug-likeness (QED) is 0.757. The standard InChI is InChI=1S/C9H16N2O3S.ClH/c12-9(7-2-1-5-10-6-7)11-15(13,14)8-3-4-8;/h7-8,10H,1-6H2,(H,11,12);1H/t7-;/m1./s1. The second kappa shape index (κ2) is 5.33. The van der Waals surface area contributed by atoms with Gasteiger partial charge in [-0.3, -0.25) is 9.52 Å². The third kappa shape index (κ3) is 3.33. The lowest BCUT2D eigenvalue weighted by molar-refractivity contribution is -0.123. The molecule has 0 bridgehead atoms. The molecule has 1 amide bonds. The van der Waals surface area contributed by atoms with Crippen molar-refractivity contribution in [3.05, 3.63) is 0 Å². The average Bonchev–Trinajstić information content (AvgIpc) is 3.01. The number of hydrogen-bond donors (Lipinski definition) is 2.